The van der Waals surface area contributed by atoms with Crippen molar-refractivity contribution in [1.29, 1.82) is 0 Å². The second-order valence-corrected chi connectivity index (χ2v) is 6.89. The fraction of sp³-hybridized carbons (Fsp3) is 0.217. The van der Waals surface area contributed by atoms with Gasteiger partial charge in [-0.3, -0.25) is 4.79 Å². The Morgan fingerprint density at radius 1 is 1.12 bits per heavy atom. The normalized spacial score (nSPS) is 10.8. The summed E-state index contributed by atoms with van der Waals surface area (Å²) >= 11 is 0. The zero-order valence-electron chi connectivity index (χ0n) is 17.6. The molecule has 0 spiro atoms. The average molecular weight is 436 g/mol. The van der Waals surface area contributed by atoms with E-state index in [9.17, 15) is 9.18 Å². The van der Waals surface area contributed by atoms with Crippen LogP contribution in [0.25, 0.3) is 22.4 Å². The molecule has 0 aliphatic rings. The fourth-order valence-electron chi connectivity index (χ4n) is 3.16. The summed E-state index contributed by atoms with van der Waals surface area (Å²) in [6, 6.07) is 13.2. The molecule has 0 aliphatic carbocycles. The molecule has 9 heteroatoms. The summed E-state index contributed by atoms with van der Waals surface area (Å²) in [5.41, 5.74) is 2.11. The van der Waals surface area contributed by atoms with E-state index >= 15 is 0 Å². The number of aromatic nitrogens is 3. The van der Waals surface area contributed by atoms with Gasteiger partial charge in [0.05, 0.1) is 7.11 Å². The maximum atomic E-state index is 13.3. The summed E-state index contributed by atoms with van der Waals surface area (Å²) in [7, 11) is 1.58. The van der Waals surface area contributed by atoms with Gasteiger partial charge in [-0.05, 0) is 30.3 Å². The minimum Gasteiger partial charge on any atom is -0.496 e. The number of carbonyl (C=O) groups excluding carboxylic acids is 1. The maximum absolute atomic E-state index is 13.3. The van der Waals surface area contributed by atoms with Gasteiger partial charge in [-0.2, -0.15) is 9.97 Å². The number of hydrogen-bond donors (Lipinski definition) is 1. The third kappa shape index (κ3) is 4.51. The molecule has 0 unspecified atom stereocenters. The van der Waals surface area contributed by atoms with E-state index in [4.69, 9.17) is 14.0 Å². The van der Waals surface area contributed by atoms with E-state index in [1.807, 2.05) is 31.2 Å². The van der Waals surface area contributed by atoms with Crippen LogP contribution in [0, 0.1) is 5.82 Å². The summed E-state index contributed by atoms with van der Waals surface area (Å²) < 4.78 is 29.7. The molecule has 2 aromatic heterocycles. The van der Waals surface area contributed by atoms with Crippen molar-refractivity contribution in [3.05, 3.63) is 65.7 Å². The fourth-order valence-corrected chi connectivity index (χ4v) is 3.16. The van der Waals surface area contributed by atoms with Gasteiger partial charge in [0, 0.05) is 24.1 Å². The first-order valence-corrected chi connectivity index (χ1v) is 10.0. The number of benzene rings is 2. The quantitative estimate of drug-likeness (QED) is 0.450. The summed E-state index contributed by atoms with van der Waals surface area (Å²) in [5.74, 6) is 0.658. The highest BCUT2D eigenvalue weighted by atomic mass is 19.1. The first-order valence-electron chi connectivity index (χ1n) is 10.0. The van der Waals surface area contributed by atoms with E-state index in [1.165, 1.54) is 12.1 Å². The summed E-state index contributed by atoms with van der Waals surface area (Å²) in [4.78, 5) is 21.1. The molecule has 1 N–H and O–H groups in total. The number of aryl methyl sites for hydroxylation is 1. The number of para-hydroxylation sites is 1. The van der Waals surface area contributed by atoms with Gasteiger partial charge in [0.2, 0.25) is 5.88 Å². The Bertz CT molecular complexity index is 1240. The van der Waals surface area contributed by atoms with E-state index in [0.717, 1.165) is 5.56 Å². The van der Waals surface area contributed by atoms with Gasteiger partial charge in [-0.1, -0.05) is 30.3 Å². The zero-order chi connectivity index (χ0) is 22.5. The van der Waals surface area contributed by atoms with Gasteiger partial charge in [0.15, 0.2) is 6.61 Å². The van der Waals surface area contributed by atoms with Crippen LogP contribution in [-0.2, 0) is 17.8 Å². The molecule has 4 rings (SSSR count). The van der Waals surface area contributed by atoms with E-state index in [2.05, 4.69) is 20.4 Å². The predicted octanol–water partition coefficient (Wildman–Crippen LogP) is 3.69. The monoisotopic (exact) mass is 436 g/mol. The lowest BCUT2D eigenvalue weighted by Gasteiger charge is -2.11. The number of hydrogen-bond acceptors (Lipinski definition) is 7. The SMILES string of the molecule is CCc1nc(OCC(=O)NCc2ccccc2OC)c2c(-c3ccc(F)cc3)noc2n1. The van der Waals surface area contributed by atoms with Gasteiger partial charge < -0.3 is 19.3 Å². The molecule has 0 saturated heterocycles. The van der Waals surface area contributed by atoms with E-state index in [-0.39, 0.29) is 29.9 Å². The maximum Gasteiger partial charge on any atom is 0.265 e. The van der Waals surface area contributed by atoms with Crippen LogP contribution in [-0.4, -0.2) is 34.7 Å². The second kappa shape index (κ2) is 9.42. The third-order valence-electron chi connectivity index (χ3n) is 4.79. The largest absolute Gasteiger partial charge is 0.496 e. The number of halogens is 1. The van der Waals surface area contributed by atoms with Crippen LogP contribution in [0.4, 0.5) is 4.39 Å². The molecule has 1 amide bonds. The molecule has 2 heterocycles. The zero-order valence-corrected chi connectivity index (χ0v) is 17.6. The van der Waals surface area contributed by atoms with Crippen molar-refractivity contribution in [2.45, 2.75) is 19.9 Å². The van der Waals surface area contributed by atoms with Gasteiger partial charge >= 0.3 is 0 Å². The Morgan fingerprint density at radius 3 is 2.66 bits per heavy atom. The van der Waals surface area contributed by atoms with Crippen LogP contribution in [0.1, 0.15) is 18.3 Å². The van der Waals surface area contributed by atoms with Crippen LogP contribution in [0.3, 0.4) is 0 Å². The lowest BCUT2D eigenvalue weighted by atomic mass is 10.1. The Labute approximate surface area is 183 Å². The van der Waals surface area contributed by atoms with Crippen molar-refractivity contribution in [3.8, 4) is 22.9 Å². The van der Waals surface area contributed by atoms with Crippen molar-refractivity contribution in [3.63, 3.8) is 0 Å². The van der Waals surface area contributed by atoms with Crippen LogP contribution in [0.15, 0.2) is 53.1 Å². The van der Waals surface area contributed by atoms with Crippen molar-refractivity contribution >= 4 is 17.0 Å². The molecule has 0 fully saturated rings. The van der Waals surface area contributed by atoms with Crippen LogP contribution in [0.5, 0.6) is 11.6 Å². The molecular formula is C23H21FN4O4. The third-order valence-corrected chi connectivity index (χ3v) is 4.79. The number of rotatable bonds is 8. The number of ether oxygens (including phenoxy) is 2. The first kappa shape index (κ1) is 21.2. The Hall–Kier alpha value is -4.01. The number of nitrogens with one attached hydrogen (secondary N) is 1. The summed E-state index contributed by atoms with van der Waals surface area (Å²) in [5, 5.41) is 7.28. The van der Waals surface area contributed by atoms with Crippen molar-refractivity contribution < 1.29 is 23.2 Å². The number of methoxy groups -OCH3 is 1. The van der Waals surface area contributed by atoms with E-state index < -0.39 is 0 Å². The van der Waals surface area contributed by atoms with Gasteiger partial charge in [0.1, 0.15) is 28.5 Å². The predicted molar refractivity (Wildman–Crippen MR) is 115 cm³/mol. The van der Waals surface area contributed by atoms with Crippen LogP contribution >= 0.6 is 0 Å². The van der Waals surface area contributed by atoms with Crippen LogP contribution in [0.2, 0.25) is 0 Å². The minimum atomic E-state index is -0.366. The molecule has 0 radical (unpaired) electrons. The molecule has 0 atom stereocenters. The van der Waals surface area contributed by atoms with E-state index in [0.29, 0.717) is 41.2 Å². The Morgan fingerprint density at radius 2 is 1.91 bits per heavy atom. The van der Waals surface area contributed by atoms with Gasteiger partial charge in [-0.25, -0.2) is 4.39 Å². The highest BCUT2D eigenvalue weighted by Gasteiger charge is 2.20. The van der Waals surface area contributed by atoms with Crippen molar-refractivity contribution in [1.82, 2.24) is 20.4 Å². The minimum absolute atomic E-state index is 0.180. The highest BCUT2D eigenvalue weighted by Crippen LogP contribution is 2.33. The summed E-state index contributed by atoms with van der Waals surface area (Å²) in [6.45, 7) is 1.92. The molecule has 4 aromatic rings. The lowest BCUT2D eigenvalue weighted by Crippen LogP contribution is -2.28. The standard InChI is InChI=1S/C23H21FN4O4/c1-3-18-26-22(31-13-19(29)25-12-15-6-4-5-7-17(15)30-2)20-21(28-32-23(20)27-18)14-8-10-16(24)11-9-14/h4-11H,3,12-13H2,1-2H3,(H,25,29). The smallest absolute Gasteiger partial charge is 0.265 e. The van der Waals surface area contributed by atoms with E-state index in [1.54, 1.807) is 19.2 Å². The molecular weight excluding hydrogens is 415 g/mol. The molecule has 32 heavy (non-hydrogen) atoms. The lowest BCUT2D eigenvalue weighted by molar-refractivity contribution is -0.123. The van der Waals surface area contributed by atoms with Crippen LogP contribution < -0.4 is 14.8 Å². The number of carbonyl (C=O) groups is 1. The molecule has 2 aromatic carbocycles. The summed E-state index contributed by atoms with van der Waals surface area (Å²) in [6.07, 6.45) is 0.541. The Kier molecular flexibility index (Phi) is 6.25. The molecule has 164 valence electrons. The van der Waals surface area contributed by atoms with Crippen molar-refractivity contribution in [2.75, 3.05) is 13.7 Å². The number of nitrogens with zero attached hydrogens (tertiary/aromatic N) is 3. The van der Waals surface area contributed by atoms with Gasteiger partial charge in [-0.15, -0.1) is 0 Å². The molecule has 0 bridgehead atoms. The average Bonchev–Trinajstić information content (AvgIpc) is 3.26. The van der Waals surface area contributed by atoms with Gasteiger partial charge in [0.25, 0.3) is 11.6 Å². The molecule has 0 aliphatic heterocycles. The Balaban J connectivity index is 1.54. The topological polar surface area (TPSA) is 99.4 Å². The number of fused-ring (bicyclic) bond motifs is 1. The second-order valence-electron chi connectivity index (χ2n) is 6.89. The molecule has 8 nitrogen and oxygen atoms in total. The number of amides is 1. The molecule has 0 saturated carbocycles. The highest BCUT2D eigenvalue weighted by molar-refractivity contribution is 5.93. The first-order chi connectivity index (χ1) is 15.6. The van der Waals surface area contributed by atoms with Crippen molar-refractivity contribution in [2.24, 2.45) is 0 Å².